The van der Waals surface area contributed by atoms with Gasteiger partial charge in [-0.15, -0.1) is 0 Å². The number of hydrogen-bond acceptors (Lipinski definition) is 2. The highest BCUT2D eigenvalue weighted by Crippen LogP contribution is 2.52. The second kappa shape index (κ2) is 13.4. The van der Waals surface area contributed by atoms with Gasteiger partial charge in [0.2, 0.25) is 0 Å². The summed E-state index contributed by atoms with van der Waals surface area (Å²) >= 11 is 0. The summed E-state index contributed by atoms with van der Waals surface area (Å²) < 4.78 is 4.94. The van der Waals surface area contributed by atoms with Crippen molar-refractivity contribution in [1.82, 2.24) is 9.13 Å². The maximum Gasteiger partial charge on any atom is 0.0783 e. The van der Waals surface area contributed by atoms with E-state index in [0.29, 0.717) is 0 Å². The van der Waals surface area contributed by atoms with Gasteiger partial charge in [-0.05, 0) is 118 Å². The van der Waals surface area contributed by atoms with Crippen LogP contribution in [-0.2, 0) is 0 Å². The van der Waals surface area contributed by atoms with Gasteiger partial charge >= 0.3 is 0 Å². The molecule has 0 bridgehead atoms. The monoisotopic (exact) mass is 814 g/mol. The average molecular weight is 815 g/mol. The summed E-state index contributed by atoms with van der Waals surface area (Å²) in [7, 11) is 0. The van der Waals surface area contributed by atoms with Crippen LogP contribution in [0.3, 0.4) is 0 Å². The van der Waals surface area contributed by atoms with Crippen LogP contribution >= 0.6 is 0 Å². The van der Waals surface area contributed by atoms with Crippen LogP contribution in [0.4, 0.5) is 34.1 Å². The first-order chi connectivity index (χ1) is 31.8. The van der Waals surface area contributed by atoms with Crippen molar-refractivity contribution in [3.05, 3.63) is 231 Å². The Morgan fingerprint density at radius 3 is 0.984 bits per heavy atom. The van der Waals surface area contributed by atoms with E-state index in [4.69, 9.17) is 0 Å². The van der Waals surface area contributed by atoms with Crippen molar-refractivity contribution in [3.8, 4) is 44.8 Å². The molecule has 0 fully saturated rings. The Bertz CT molecular complexity index is 3570. The summed E-state index contributed by atoms with van der Waals surface area (Å²) in [5.74, 6) is 0. The molecular formula is C60H38N4. The fourth-order valence-electron chi connectivity index (χ4n) is 10.7. The highest BCUT2D eigenvalue weighted by Gasteiger charge is 2.30. The Hall–Kier alpha value is -8.60. The number of rotatable bonds is 5. The Balaban J connectivity index is 0.905. The second-order valence-electron chi connectivity index (χ2n) is 17.0. The molecule has 4 nitrogen and oxygen atoms in total. The Kier molecular flexibility index (Phi) is 7.36. The molecule has 0 saturated heterocycles. The lowest BCUT2D eigenvalue weighted by molar-refractivity contribution is 1.11. The Morgan fingerprint density at radius 2 is 0.562 bits per heavy atom. The number of fused-ring (bicyclic) bond motifs is 10. The van der Waals surface area contributed by atoms with Gasteiger partial charge in [-0.3, -0.25) is 0 Å². The summed E-state index contributed by atoms with van der Waals surface area (Å²) in [6, 6.07) is 84.4. The largest absolute Gasteiger partial charge is 0.306 e. The van der Waals surface area contributed by atoms with Gasteiger partial charge in [-0.25, -0.2) is 0 Å². The van der Waals surface area contributed by atoms with Gasteiger partial charge in [-0.1, -0.05) is 146 Å². The first-order valence-corrected chi connectivity index (χ1v) is 22.0. The van der Waals surface area contributed by atoms with E-state index in [1.54, 1.807) is 0 Å². The van der Waals surface area contributed by atoms with Crippen molar-refractivity contribution in [2.24, 2.45) is 0 Å². The fraction of sp³-hybridized carbons (Fsp3) is 0. The molecule has 0 unspecified atom stereocenters. The first kappa shape index (κ1) is 35.0. The van der Waals surface area contributed by atoms with E-state index >= 15 is 0 Å². The van der Waals surface area contributed by atoms with E-state index < -0.39 is 0 Å². The predicted octanol–water partition coefficient (Wildman–Crippen LogP) is 16.4. The molecule has 0 amide bonds. The van der Waals surface area contributed by atoms with Crippen LogP contribution in [0.1, 0.15) is 0 Å². The maximum absolute atomic E-state index is 2.47. The van der Waals surface area contributed by atoms with Crippen LogP contribution in [0.5, 0.6) is 0 Å². The SMILES string of the molecule is c1ccc(-c2ccc(N3c4ccccc4-n4c5ccc(-c6ccc7c(c6)c6cccc8c6n7-c6ccccc6N8c6ccc(-c7ccccc7)cc6)cc5c5cccc3c54)cc2)cc1. The smallest absolute Gasteiger partial charge is 0.0783 e. The van der Waals surface area contributed by atoms with Crippen molar-refractivity contribution < 1.29 is 0 Å². The minimum Gasteiger partial charge on any atom is -0.306 e. The third-order valence-corrected chi connectivity index (χ3v) is 13.5. The van der Waals surface area contributed by atoms with E-state index in [1.807, 2.05) is 0 Å². The lowest BCUT2D eigenvalue weighted by Crippen LogP contribution is -2.17. The van der Waals surface area contributed by atoms with Gasteiger partial charge in [0.15, 0.2) is 0 Å². The van der Waals surface area contributed by atoms with Gasteiger partial charge < -0.3 is 18.9 Å². The molecule has 298 valence electrons. The van der Waals surface area contributed by atoms with Crippen LogP contribution in [0.2, 0.25) is 0 Å². The Labute approximate surface area is 370 Å². The third kappa shape index (κ3) is 4.99. The van der Waals surface area contributed by atoms with Gasteiger partial charge in [-0.2, -0.15) is 0 Å². The molecule has 12 aromatic rings. The lowest BCUT2D eigenvalue weighted by atomic mass is 10.00. The minimum atomic E-state index is 1.14. The highest BCUT2D eigenvalue weighted by atomic mass is 15.2. The standard InChI is InChI=1S/C60H38N4/c1-3-13-39(14-4-1)41-25-31-45(32-26-41)61-53-19-7-9-21-55(53)63-51-35-29-43(37-49(51)47-17-11-23-57(61)59(47)63)44-30-36-52-50(38-44)48-18-12-24-58-60(48)64(52)56-22-10-8-20-54(56)62(58)46-33-27-42(28-34-46)40-15-5-2-6-16-40/h1-38H. The van der Waals surface area contributed by atoms with Crippen molar-refractivity contribution in [2.45, 2.75) is 0 Å². The molecule has 0 saturated carbocycles. The molecule has 0 atom stereocenters. The van der Waals surface area contributed by atoms with Crippen molar-refractivity contribution in [2.75, 3.05) is 9.80 Å². The van der Waals surface area contributed by atoms with Crippen LogP contribution in [0.25, 0.3) is 88.4 Å². The molecule has 0 N–H and O–H groups in total. The van der Waals surface area contributed by atoms with E-state index in [-0.39, 0.29) is 0 Å². The van der Waals surface area contributed by atoms with Gasteiger partial charge in [0.1, 0.15) is 0 Å². The predicted molar refractivity (Wildman–Crippen MR) is 268 cm³/mol. The van der Waals surface area contributed by atoms with Crippen molar-refractivity contribution >= 4 is 77.7 Å². The van der Waals surface area contributed by atoms with Crippen molar-refractivity contribution in [3.63, 3.8) is 0 Å². The lowest BCUT2D eigenvalue weighted by Gasteiger charge is -2.33. The van der Waals surface area contributed by atoms with E-state index in [9.17, 15) is 0 Å². The van der Waals surface area contributed by atoms with Crippen molar-refractivity contribution in [1.29, 1.82) is 0 Å². The Morgan fingerprint density at radius 1 is 0.219 bits per heavy atom. The summed E-state index contributed by atoms with van der Waals surface area (Å²) in [5, 5.41) is 4.99. The second-order valence-corrected chi connectivity index (χ2v) is 17.0. The molecule has 4 heteroatoms. The molecule has 14 rings (SSSR count). The summed E-state index contributed by atoms with van der Waals surface area (Å²) in [6.45, 7) is 0. The molecule has 0 spiro atoms. The molecule has 2 aromatic heterocycles. The topological polar surface area (TPSA) is 16.3 Å². The number of aromatic nitrogens is 2. The number of nitrogens with zero attached hydrogens (tertiary/aromatic N) is 4. The minimum absolute atomic E-state index is 1.14. The quantitative estimate of drug-likeness (QED) is 0.172. The molecule has 0 radical (unpaired) electrons. The van der Waals surface area contributed by atoms with E-state index in [2.05, 4.69) is 249 Å². The normalized spacial score (nSPS) is 12.6. The number of benzene rings is 10. The third-order valence-electron chi connectivity index (χ3n) is 13.5. The number of para-hydroxylation sites is 6. The van der Waals surface area contributed by atoms with Gasteiger partial charge in [0.25, 0.3) is 0 Å². The number of hydrogen-bond donors (Lipinski definition) is 0. The summed E-state index contributed by atoms with van der Waals surface area (Å²) in [5.41, 5.74) is 21.5. The van der Waals surface area contributed by atoms with Crippen LogP contribution in [-0.4, -0.2) is 9.13 Å². The molecular weight excluding hydrogens is 777 g/mol. The zero-order valence-corrected chi connectivity index (χ0v) is 34.7. The van der Waals surface area contributed by atoms with Crippen LogP contribution in [0, 0.1) is 0 Å². The maximum atomic E-state index is 2.47. The first-order valence-electron chi connectivity index (χ1n) is 22.0. The van der Waals surface area contributed by atoms with E-state index in [1.165, 1.54) is 111 Å². The summed E-state index contributed by atoms with van der Waals surface area (Å²) in [4.78, 5) is 4.85. The molecule has 10 aromatic carbocycles. The molecule has 2 aliphatic heterocycles. The zero-order valence-electron chi connectivity index (χ0n) is 34.7. The van der Waals surface area contributed by atoms with Gasteiger partial charge in [0, 0.05) is 32.9 Å². The van der Waals surface area contributed by atoms with E-state index in [0.717, 1.165) is 11.4 Å². The van der Waals surface area contributed by atoms with Crippen LogP contribution < -0.4 is 9.80 Å². The average Bonchev–Trinajstić information content (AvgIpc) is 3.89. The fourth-order valence-corrected chi connectivity index (χ4v) is 10.7. The molecule has 2 aliphatic rings. The zero-order chi connectivity index (χ0) is 41.9. The molecule has 64 heavy (non-hydrogen) atoms. The number of anilines is 6. The van der Waals surface area contributed by atoms with Gasteiger partial charge in [0.05, 0.1) is 56.2 Å². The summed E-state index contributed by atoms with van der Waals surface area (Å²) in [6.07, 6.45) is 0. The molecule has 0 aliphatic carbocycles. The highest BCUT2D eigenvalue weighted by molar-refractivity contribution is 6.19. The molecule has 4 heterocycles. The van der Waals surface area contributed by atoms with Crippen LogP contribution in [0.15, 0.2) is 231 Å².